The molecule has 0 atom stereocenters. The summed E-state index contributed by atoms with van der Waals surface area (Å²) in [4.78, 5) is 9.98. The zero-order valence-corrected chi connectivity index (χ0v) is 8.37. The molecule has 0 radical (unpaired) electrons. The Morgan fingerprint density at radius 1 is 1.36 bits per heavy atom. The zero-order valence-electron chi connectivity index (χ0n) is 8.37. The number of para-hydroxylation sites is 1. The molecule has 1 rings (SSSR count). The van der Waals surface area contributed by atoms with Gasteiger partial charge in [0.2, 0.25) is 5.82 Å². The summed E-state index contributed by atoms with van der Waals surface area (Å²) in [5.41, 5.74) is -0.424. The Morgan fingerprint density at radius 3 is 2.29 bits per heavy atom. The van der Waals surface area contributed by atoms with Crippen LogP contribution in [-0.4, -0.2) is 4.92 Å². The monoisotopic (exact) mass is 197 g/mol. The highest BCUT2D eigenvalue weighted by molar-refractivity contribution is 5.45. The molecule has 76 valence electrons. The first-order valence-electron chi connectivity index (χ1n) is 4.27. The van der Waals surface area contributed by atoms with Gasteiger partial charge < -0.3 is 0 Å². The maximum absolute atomic E-state index is 13.2. The van der Waals surface area contributed by atoms with E-state index in [0.29, 0.717) is 5.56 Å². The standard InChI is InChI=1S/C10H12FNO2/c1-10(2,3)7-5-4-6-8(11)9(7)12(13)14/h4-6H,1-3H3. The minimum Gasteiger partial charge on any atom is -0.258 e. The van der Waals surface area contributed by atoms with Crippen molar-refractivity contribution in [3.8, 4) is 0 Å². The van der Waals surface area contributed by atoms with Gasteiger partial charge in [-0.15, -0.1) is 0 Å². The summed E-state index contributed by atoms with van der Waals surface area (Å²) in [7, 11) is 0. The van der Waals surface area contributed by atoms with E-state index >= 15 is 0 Å². The van der Waals surface area contributed by atoms with Crippen LogP contribution in [0.2, 0.25) is 0 Å². The first kappa shape index (κ1) is 10.6. The largest absolute Gasteiger partial charge is 0.308 e. The number of hydrogen-bond donors (Lipinski definition) is 0. The molecule has 0 spiro atoms. The second kappa shape index (κ2) is 3.36. The summed E-state index contributed by atoms with van der Waals surface area (Å²) in [6, 6.07) is 4.18. The van der Waals surface area contributed by atoms with Crippen molar-refractivity contribution in [2.24, 2.45) is 0 Å². The smallest absolute Gasteiger partial charge is 0.258 e. The normalized spacial score (nSPS) is 11.4. The average molecular weight is 197 g/mol. The summed E-state index contributed by atoms with van der Waals surface area (Å²) in [5.74, 6) is -0.776. The van der Waals surface area contributed by atoms with E-state index in [9.17, 15) is 14.5 Å². The van der Waals surface area contributed by atoms with Crippen LogP contribution in [0.3, 0.4) is 0 Å². The summed E-state index contributed by atoms with van der Waals surface area (Å²) >= 11 is 0. The van der Waals surface area contributed by atoms with E-state index in [1.807, 2.05) is 20.8 Å². The van der Waals surface area contributed by atoms with Crippen LogP contribution in [0.25, 0.3) is 0 Å². The van der Waals surface area contributed by atoms with Gasteiger partial charge in [-0.1, -0.05) is 32.9 Å². The third kappa shape index (κ3) is 1.89. The van der Waals surface area contributed by atoms with Gasteiger partial charge in [0.1, 0.15) is 0 Å². The fourth-order valence-corrected chi connectivity index (χ4v) is 1.31. The predicted octanol–water partition coefficient (Wildman–Crippen LogP) is 3.03. The molecular formula is C10H12FNO2. The average Bonchev–Trinajstić information content (AvgIpc) is 2.01. The highest BCUT2D eigenvalue weighted by Gasteiger charge is 2.27. The van der Waals surface area contributed by atoms with Gasteiger partial charge in [-0.25, -0.2) is 0 Å². The van der Waals surface area contributed by atoms with E-state index in [0.717, 1.165) is 6.07 Å². The van der Waals surface area contributed by atoms with Crippen molar-refractivity contribution in [2.45, 2.75) is 26.2 Å². The maximum Gasteiger partial charge on any atom is 0.308 e. The molecule has 0 heterocycles. The quantitative estimate of drug-likeness (QED) is 0.513. The molecule has 0 aliphatic rings. The van der Waals surface area contributed by atoms with Crippen molar-refractivity contribution < 1.29 is 9.31 Å². The minimum atomic E-state index is -0.776. The highest BCUT2D eigenvalue weighted by Crippen LogP contribution is 2.32. The first-order chi connectivity index (χ1) is 6.34. The molecule has 0 unspecified atom stereocenters. The van der Waals surface area contributed by atoms with Crippen LogP contribution in [0.1, 0.15) is 26.3 Å². The second-order valence-electron chi connectivity index (χ2n) is 4.14. The van der Waals surface area contributed by atoms with E-state index in [4.69, 9.17) is 0 Å². The van der Waals surface area contributed by atoms with Gasteiger partial charge in [0.15, 0.2) is 0 Å². The van der Waals surface area contributed by atoms with Gasteiger partial charge >= 0.3 is 5.69 Å². The second-order valence-corrected chi connectivity index (χ2v) is 4.14. The molecule has 3 nitrogen and oxygen atoms in total. The van der Waals surface area contributed by atoms with Crippen molar-refractivity contribution in [3.63, 3.8) is 0 Å². The Bertz CT molecular complexity index is 369. The van der Waals surface area contributed by atoms with Crippen LogP contribution in [0, 0.1) is 15.9 Å². The number of nitrogens with zero attached hydrogens (tertiary/aromatic N) is 1. The fraction of sp³-hybridized carbons (Fsp3) is 0.400. The summed E-state index contributed by atoms with van der Waals surface area (Å²) in [5, 5.41) is 10.7. The third-order valence-corrected chi connectivity index (χ3v) is 1.98. The lowest BCUT2D eigenvalue weighted by Gasteiger charge is -2.18. The molecule has 0 amide bonds. The molecule has 0 N–H and O–H groups in total. The molecule has 14 heavy (non-hydrogen) atoms. The highest BCUT2D eigenvalue weighted by atomic mass is 19.1. The lowest BCUT2D eigenvalue weighted by molar-refractivity contribution is -0.388. The summed E-state index contributed by atoms with van der Waals surface area (Å²) < 4.78 is 13.2. The lowest BCUT2D eigenvalue weighted by atomic mass is 9.86. The molecule has 0 saturated heterocycles. The van der Waals surface area contributed by atoms with Crippen LogP contribution in [0.4, 0.5) is 10.1 Å². The lowest BCUT2D eigenvalue weighted by Crippen LogP contribution is -2.14. The van der Waals surface area contributed by atoms with Gasteiger partial charge in [-0.2, -0.15) is 4.39 Å². The van der Waals surface area contributed by atoms with Crippen molar-refractivity contribution in [1.29, 1.82) is 0 Å². The van der Waals surface area contributed by atoms with Crippen LogP contribution in [0.5, 0.6) is 0 Å². The Morgan fingerprint density at radius 2 is 1.93 bits per heavy atom. The molecule has 0 saturated carbocycles. The van der Waals surface area contributed by atoms with Crippen LogP contribution >= 0.6 is 0 Å². The number of hydrogen-bond acceptors (Lipinski definition) is 2. The van der Waals surface area contributed by atoms with Gasteiger partial charge in [0, 0.05) is 5.56 Å². The van der Waals surface area contributed by atoms with E-state index < -0.39 is 21.8 Å². The molecule has 0 aliphatic carbocycles. The Labute approximate surface area is 81.7 Å². The number of nitro groups is 1. The first-order valence-corrected chi connectivity index (χ1v) is 4.27. The minimum absolute atomic E-state index is 0.417. The van der Waals surface area contributed by atoms with Crippen molar-refractivity contribution in [3.05, 3.63) is 39.7 Å². The number of rotatable bonds is 1. The van der Waals surface area contributed by atoms with Crippen molar-refractivity contribution in [1.82, 2.24) is 0 Å². The van der Waals surface area contributed by atoms with E-state index in [1.54, 1.807) is 6.07 Å². The Balaban J connectivity index is 3.44. The van der Waals surface area contributed by atoms with Crippen molar-refractivity contribution in [2.75, 3.05) is 0 Å². The molecule has 0 aromatic heterocycles. The van der Waals surface area contributed by atoms with Gasteiger partial charge in [0.05, 0.1) is 4.92 Å². The molecule has 1 aromatic rings. The topological polar surface area (TPSA) is 43.1 Å². The molecule has 0 aliphatic heterocycles. The summed E-state index contributed by atoms with van der Waals surface area (Å²) in [6.45, 7) is 5.44. The molecular weight excluding hydrogens is 185 g/mol. The number of halogens is 1. The van der Waals surface area contributed by atoms with E-state index in [2.05, 4.69) is 0 Å². The molecule has 0 fully saturated rings. The fourth-order valence-electron chi connectivity index (χ4n) is 1.31. The molecule has 1 aromatic carbocycles. The van der Waals surface area contributed by atoms with Crippen LogP contribution in [-0.2, 0) is 5.41 Å². The zero-order chi connectivity index (χ0) is 10.9. The molecule has 4 heteroatoms. The third-order valence-electron chi connectivity index (χ3n) is 1.98. The van der Waals surface area contributed by atoms with Crippen molar-refractivity contribution >= 4 is 5.69 Å². The Hall–Kier alpha value is -1.45. The number of nitro benzene ring substituents is 1. The van der Waals surface area contributed by atoms with Crippen LogP contribution in [0.15, 0.2) is 18.2 Å². The van der Waals surface area contributed by atoms with E-state index in [1.165, 1.54) is 6.07 Å². The van der Waals surface area contributed by atoms with Gasteiger partial charge in [-0.05, 0) is 11.5 Å². The Kier molecular flexibility index (Phi) is 2.55. The molecule has 0 bridgehead atoms. The maximum atomic E-state index is 13.2. The van der Waals surface area contributed by atoms with Gasteiger partial charge in [-0.3, -0.25) is 10.1 Å². The van der Waals surface area contributed by atoms with E-state index in [-0.39, 0.29) is 0 Å². The number of benzene rings is 1. The predicted molar refractivity (Wildman–Crippen MR) is 51.8 cm³/mol. The SMILES string of the molecule is CC(C)(C)c1cccc(F)c1[N+](=O)[O-]. The van der Waals surface area contributed by atoms with Crippen LogP contribution < -0.4 is 0 Å². The van der Waals surface area contributed by atoms with Gasteiger partial charge in [0.25, 0.3) is 0 Å². The summed E-state index contributed by atoms with van der Waals surface area (Å²) in [6.07, 6.45) is 0.